The van der Waals surface area contributed by atoms with Crippen LogP contribution >= 0.6 is 0 Å². The number of carbonyl (C=O) groups excluding carboxylic acids is 1. The van der Waals surface area contributed by atoms with Gasteiger partial charge in [0.2, 0.25) is 0 Å². The molecule has 1 saturated carbocycles. The Bertz CT molecular complexity index is 782. The molecule has 1 aromatic heterocycles. The molecule has 1 amide bonds. The van der Waals surface area contributed by atoms with Crippen LogP contribution in [0.3, 0.4) is 0 Å². The number of likely N-dealkylation sites (tertiary alicyclic amines) is 1. The van der Waals surface area contributed by atoms with E-state index in [2.05, 4.69) is 25.7 Å². The standard InChI is InChI=1S/C19H24N6O2/c26-19(14-5-3-13(4-6-14)11-25-12-20-22-23-25)21-16-15-7-10-27-18(15)17(16)24-8-1-2-9-24/h3-6,12,15-18H,1-2,7-11H2,(H,21,26)/t15-,16+,17-,18-/m1/s1. The van der Waals surface area contributed by atoms with E-state index in [4.69, 9.17) is 4.74 Å². The molecule has 0 spiro atoms. The predicted molar refractivity (Wildman–Crippen MR) is 97.1 cm³/mol. The lowest BCUT2D eigenvalue weighted by atomic mass is 9.70. The average Bonchev–Trinajstić information content (AvgIpc) is 3.43. The van der Waals surface area contributed by atoms with Gasteiger partial charge in [-0.3, -0.25) is 9.69 Å². The van der Waals surface area contributed by atoms with Crippen LogP contribution in [0.15, 0.2) is 30.6 Å². The number of aromatic nitrogens is 4. The van der Waals surface area contributed by atoms with Gasteiger partial charge in [-0.25, -0.2) is 4.68 Å². The maximum absolute atomic E-state index is 12.8. The van der Waals surface area contributed by atoms with Gasteiger partial charge in [-0.1, -0.05) is 12.1 Å². The van der Waals surface area contributed by atoms with Crippen LogP contribution in [0, 0.1) is 5.92 Å². The SMILES string of the molecule is O=C(N[C@H]1[C@H]2CCO[C@H]2[C@@H]1N1CCCC1)c1ccc(Cn2cnnn2)cc1. The summed E-state index contributed by atoms with van der Waals surface area (Å²) in [5.74, 6) is 0.460. The second-order valence-corrected chi connectivity index (χ2v) is 7.73. The Balaban J connectivity index is 1.25. The molecular weight excluding hydrogens is 344 g/mol. The highest BCUT2D eigenvalue weighted by molar-refractivity contribution is 5.94. The largest absolute Gasteiger partial charge is 0.376 e. The van der Waals surface area contributed by atoms with Gasteiger partial charge in [-0.2, -0.15) is 0 Å². The number of hydrogen-bond donors (Lipinski definition) is 1. The van der Waals surface area contributed by atoms with Gasteiger partial charge in [0.25, 0.3) is 5.91 Å². The van der Waals surface area contributed by atoms with E-state index in [0.29, 0.717) is 30.2 Å². The predicted octanol–water partition coefficient (Wildman–Crippen LogP) is 0.703. The normalized spacial score (nSPS) is 30.1. The number of hydrogen-bond acceptors (Lipinski definition) is 6. The summed E-state index contributed by atoms with van der Waals surface area (Å²) in [6, 6.07) is 8.20. The van der Waals surface area contributed by atoms with E-state index in [1.807, 2.05) is 24.3 Å². The molecule has 142 valence electrons. The van der Waals surface area contributed by atoms with Gasteiger partial charge < -0.3 is 10.1 Å². The first-order chi connectivity index (χ1) is 13.3. The second-order valence-electron chi connectivity index (χ2n) is 7.73. The van der Waals surface area contributed by atoms with Crippen molar-refractivity contribution >= 4 is 5.91 Å². The van der Waals surface area contributed by atoms with Gasteiger partial charge in [0, 0.05) is 18.1 Å². The molecule has 3 heterocycles. The molecule has 0 unspecified atom stereocenters. The topological polar surface area (TPSA) is 85.2 Å². The van der Waals surface area contributed by atoms with Crippen LogP contribution in [0.5, 0.6) is 0 Å². The third kappa shape index (κ3) is 3.12. The monoisotopic (exact) mass is 368 g/mol. The first-order valence-corrected chi connectivity index (χ1v) is 9.76. The highest BCUT2D eigenvalue weighted by Gasteiger charge is 2.56. The van der Waals surface area contributed by atoms with Gasteiger partial charge in [0.15, 0.2) is 0 Å². The fourth-order valence-corrected chi connectivity index (χ4v) is 4.78. The number of tetrazole rings is 1. The molecule has 8 nitrogen and oxygen atoms in total. The molecule has 2 aromatic rings. The fraction of sp³-hybridized carbons (Fsp3) is 0.579. The molecule has 1 aliphatic carbocycles. The average molecular weight is 368 g/mol. The molecule has 8 heteroatoms. The highest BCUT2D eigenvalue weighted by atomic mass is 16.5. The van der Waals surface area contributed by atoms with Crippen LogP contribution in [-0.2, 0) is 11.3 Å². The maximum Gasteiger partial charge on any atom is 0.251 e. The zero-order chi connectivity index (χ0) is 18.2. The number of rotatable bonds is 5. The lowest BCUT2D eigenvalue weighted by molar-refractivity contribution is -0.0747. The molecular formula is C19H24N6O2. The minimum absolute atomic E-state index is 0.00326. The Kier molecular flexibility index (Phi) is 4.37. The van der Waals surface area contributed by atoms with Crippen molar-refractivity contribution in [1.29, 1.82) is 0 Å². The van der Waals surface area contributed by atoms with E-state index in [9.17, 15) is 4.79 Å². The number of ether oxygens (including phenoxy) is 1. The fourth-order valence-electron chi connectivity index (χ4n) is 4.78. The first kappa shape index (κ1) is 16.8. The van der Waals surface area contributed by atoms with Gasteiger partial charge in [-0.15, -0.1) is 5.10 Å². The third-order valence-corrected chi connectivity index (χ3v) is 6.16. The summed E-state index contributed by atoms with van der Waals surface area (Å²) < 4.78 is 7.61. The summed E-state index contributed by atoms with van der Waals surface area (Å²) in [7, 11) is 0. The number of carbonyl (C=O) groups is 1. The first-order valence-electron chi connectivity index (χ1n) is 9.76. The van der Waals surface area contributed by atoms with Crippen LogP contribution in [0.2, 0.25) is 0 Å². The molecule has 27 heavy (non-hydrogen) atoms. The van der Waals surface area contributed by atoms with Crippen molar-refractivity contribution in [2.75, 3.05) is 19.7 Å². The van der Waals surface area contributed by atoms with Crippen molar-refractivity contribution in [3.05, 3.63) is 41.7 Å². The molecule has 1 N–H and O–H groups in total. The van der Waals surface area contributed by atoms with Crippen LogP contribution < -0.4 is 5.32 Å². The number of fused-ring (bicyclic) bond motifs is 1. The lowest BCUT2D eigenvalue weighted by Gasteiger charge is -2.51. The Labute approximate surface area is 157 Å². The van der Waals surface area contributed by atoms with Crippen molar-refractivity contribution in [2.45, 2.75) is 44.0 Å². The summed E-state index contributed by atoms with van der Waals surface area (Å²) in [6.07, 6.45) is 5.42. The van der Waals surface area contributed by atoms with E-state index in [-0.39, 0.29) is 11.9 Å². The summed E-state index contributed by atoms with van der Waals surface area (Å²) in [5.41, 5.74) is 1.75. The Morgan fingerprint density at radius 3 is 2.78 bits per heavy atom. The van der Waals surface area contributed by atoms with Gasteiger partial charge >= 0.3 is 0 Å². The summed E-state index contributed by atoms with van der Waals surface area (Å²) in [4.78, 5) is 15.3. The van der Waals surface area contributed by atoms with Crippen LogP contribution in [-0.4, -0.2) is 68.9 Å². The molecule has 3 fully saturated rings. The van der Waals surface area contributed by atoms with Crippen molar-refractivity contribution in [1.82, 2.24) is 30.4 Å². The zero-order valence-electron chi connectivity index (χ0n) is 15.2. The summed E-state index contributed by atoms with van der Waals surface area (Å²) >= 11 is 0. The van der Waals surface area contributed by atoms with Crippen molar-refractivity contribution in [2.24, 2.45) is 5.92 Å². The van der Waals surface area contributed by atoms with E-state index in [1.165, 1.54) is 12.8 Å². The maximum atomic E-state index is 12.8. The molecule has 5 rings (SSSR count). The smallest absolute Gasteiger partial charge is 0.251 e. The third-order valence-electron chi connectivity index (χ3n) is 6.16. The van der Waals surface area contributed by atoms with E-state index in [0.717, 1.165) is 31.7 Å². The number of benzene rings is 1. The number of amides is 1. The minimum Gasteiger partial charge on any atom is -0.376 e. The van der Waals surface area contributed by atoms with Gasteiger partial charge in [0.05, 0.1) is 24.7 Å². The molecule has 3 aliphatic rings. The van der Waals surface area contributed by atoms with Gasteiger partial charge in [-0.05, 0) is 60.5 Å². The highest BCUT2D eigenvalue weighted by Crippen LogP contribution is 2.42. The Morgan fingerprint density at radius 1 is 1.22 bits per heavy atom. The van der Waals surface area contributed by atoms with Crippen molar-refractivity contribution in [3.63, 3.8) is 0 Å². The molecule has 0 radical (unpaired) electrons. The van der Waals surface area contributed by atoms with E-state index < -0.39 is 0 Å². The summed E-state index contributed by atoms with van der Waals surface area (Å²) in [6.45, 7) is 3.65. The van der Waals surface area contributed by atoms with Crippen LogP contribution in [0.1, 0.15) is 35.2 Å². The Hall–Kier alpha value is -2.32. The van der Waals surface area contributed by atoms with E-state index in [1.54, 1.807) is 11.0 Å². The zero-order valence-corrected chi connectivity index (χ0v) is 15.2. The van der Waals surface area contributed by atoms with Crippen molar-refractivity contribution < 1.29 is 9.53 Å². The number of nitrogens with zero attached hydrogens (tertiary/aromatic N) is 5. The number of nitrogens with one attached hydrogen (secondary N) is 1. The van der Waals surface area contributed by atoms with Crippen LogP contribution in [0.4, 0.5) is 0 Å². The van der Waals surface area contributed by atoms with E-state index >= 15 is 0 Å². The molecule has 0 bridgehead atoms. The Morgan fingerprint density at radius 2 is 2.04 bits per heavy atom. The second kappa shape index (κ2) is 7.01. The minimum atomic E-state index is 0.00326. The molecule has 2 saturated heterocycles. The molecule has 4 atom stereocenters. The summed E-state index contributed by atoms with van der Waals surface area (Å²) in [5, 5.41) is 14.4. The van der Waals surface area contributed by atoms with Crippen LogP contribution in [0.25, 0.3) is 0 Å². The molecule has 1 aromatic carbocycles. The lowest BCUT2D eigenvalue weighted by Crippen LogP contribution is -2.70. The molecule has 2 aliphatic heterocycles. The van der Waals surface area contributed by atoms with Gasteiger partial charge in [0.1, 0.15) is 6.33 Å². The quantitative estimate of drug-likeness (QED) is 0.836. The van der Waals surface area contributed by atoms with Crippen molar-refractivity contribution in [3.8, 4) is 0 Å².